The van der Waals surface area contributed by atoms with Crippen molar-refractivity contribution in [3.05, 3.63) is 24.3 Å². The number of benzene rings is 1. The Hall–Kier alpha value is -1.75. The van der Waals surface area contributed by atoms with Gasteiger partial charge >= 0.3 is 0 Å². The molecule has 0 fully saturated rings. The molecule has 1 aromatic rings. The Bertz CT molecular complexity index is 379. The monoisotopic (exact) mass is 266 g/mol. The van der Waals surface area contributed by atoms with Crippen LogP contribution in [0.2, 0.25) is 0 Å². The van der Waals surface area contributed by atoms with Crippen molar-refractivity contribution >= 4 is 5.91 Å². The second kappa shape index (κ2) is 8.37. The van der Waals surface area contributed by atoms with Gasteiger partial charge in [-0.15, -0.1) is 0 Å². The van der Waals surface area contributed by atoms with Gasteiger partial charge in [-0.3, -0.25) is 4.79 Å². The van der Waals surface area contributed by atoms with Crippen molar-refractivity contribution in [2.75, 3.05) is 20.3 Å². The zero-order chi connectivity index (χ0) is 14.1. The summed E-state index contributed by atoms with van der Waals surface area (Å²) in [7, 11) is 1.62. The third-order valence-corrected chi connectivity index (χ3v) is 2.72. The van der Waals surface area contributed by atoms with Crippen molar-refractivity contribution in [2.24, 2.45) is 5.73 Å². The SMILES string of the molecule is CCCNC(CCOc1ccc(OC)cc1)C(N)=O. The van der Waals surface area contributed by atoms with Crippen molar-refractivity contribution in [1.82, 2.24) is 5.32 Å². The Labute approximate surface area is 114 Å². The summed E-state index contributed by atoms with van der Waals surface area (Å²) in [6.45, 7) is 3.26. The van der Waals surface area contributed by atoms with Crippen LogP contribution in [0.25, 0.3) is 0 Å². The third-order valence-electron chi connectivity index (χ3n) is 2.72. The van der Waals surface area contributed by atoms with Gasteiger partial charge in [0, 0.05) is 6.42 Å². The maximum Gasteiger partial charge on any atom is 0.234 e. The maximum absolute atomic E-state index is 11.2. The van der Waals surface area contributed by atoms with Crippen LogP contribution in [0.3, 0.4) is 0 Å². The predicted octanol–water partition coefficient (Wildman–Crippen LogP) is 1.32. The van der Waals surface area contributed by atoms with Crippen LogP contribution in [-0.4, -0.2) is 32.2 Å². The zero-order valence-electron chi connectivity index (χ0n) is 11.5. The number of nitrogens with one attached hydrogen (secondary N) is 1. The molecule has 0 saturated heterocycles. The van der Waals surface area contributed by atoms with Crippen LogP contribution in [0.15, 0.2) is 24.3 Å². The second-order valence-electron chi connectivity index (χ2n) is 4.22. The third kappa shape index (κ3) is 5.61. The molecule has 0 bridgehead atoms. The number of primary amides is 1. The molecule has 106 valence electrons. The van der Waals surface area contributed by atoms with E-state index < -0.39 is 0 Å². The summed E-state index contributed by atoms with van der Waals surface area (Å²) in [6, 6.07) is 6.99. The Balaban J connectivity index is 2.36. The quantitative estimate of drug-likeness (QED) is 0.707. The van der Waals surface area contributed by atoms with E-state index in [1.54, 1.807) is 7.11 Å². The highest BCUT2D eigenvalue weighted by Crippen LogP contribution is 2.17. The van der Waals surface area contributed by atoms with Crippen molar-refractivity contribution in [3.63, 3.8) is 0 Å². The minimum absolute atomic E-state index is 0.335. The predicted molar refractivity (Wildman–Crippen MR) is 74.4 cm³/mol. The molecule has 1 aromatic carbocycles. The molecule has 1 unspecified atom stereocenters. The molecule has 1 atom stereocenters. The number of amides is 1. The van der Waals surface area contributed by atoms with Crippen molar-refractivity contribution in [1.29, 1.82) is 0 Å². The smallest absolute Gasteiger partial charge is 0.234 e. The molecule has 5 nitrogen and oxygen atoms in total. The molecule has 0 saturated carbocycles. The minimum Gasteiger partial charge on any atom is -0.497 e. The molecule has 0 aliphatic heterocycles. The standard InChI is InChI=1S/C14H22N2O3/c1-3-9-16-13(14(15)17)8-10-19-12-6-4-11(18-2)5-7-12/h4-7,13,16H,3,8-10H2,1-2H3,(H2,15,17). The summed E-state index contributed by atoms with van der Waals surface area (Å²) in [4.78, 5) is 11.2. The highest BCUT2D eigenvalue weighted by molar-refractivity contribution is 5.79. The van der Waals surface area contributed by atoms with E-state index in [1.165, 1.54) is 0 Å². The fraction of sp³-hybridized carbons (Fsp3) is 0.500. The van der Waals surface area contributed by atoms with Gasteiger partial charge in [0.1, 0.15) is 11.5 Å². The number of nitrogens with two attached hydrogens (primary N) is 1. The van der Waals surface area contributed by atoms with Crippen molar-refractivity contribution in [3.8, 4) is 11.5 Å². The van der Waals surface area contributed by atoms with Gasteiger partial charge < -0.3 is 20.5 Å². The largest absolute Gasteiger partial charge is 0.497 e. The number of rotatable bonds is 9. The lowest BCUT2D eigenvalue weighted by Crippen LogP contribution is -2.42. The molecule has 0 aliphatic carbocycles. The molecule has 0 aliphatic rings. The molecule has 1 amide bonds. The molecule has 1 rings (SSSR count). The highest BCUT2D eigenvalue weighted by atomic mass is 16.5. The number of hydrogen-bond acceptors (Lipinski definition) is 4. The van der Waals surface area contributed by atoms with E-state index >= 15 is 0 Å². The number of methoxy groups -OCH3 is 1. The van der Waals surface area contributed by atoms with E-state index in [2.05, 4.69) is 5.32 Å². The van der Waals surface area contributed by atoms with Crippen LogP contribution in [0.4, 0.5) is 0 Å². The van der Waals surface area contributed by atoms with Crippen LogP contribution in [-0.2, 0) is 4.79 Å². The van der Waals surface area contributed by atoms with Crippen LogP contribution < -0.4 is 20.5 Å². The summed E-state index contributed by atoms with van der Waals surface area (Å²) in [5.41, 5.74) is 5.32. The average Bonchev–Trinajstić information content (AvgIpc) is 2.43. The molecule has 3 N–H and O–H groups in total. The summed E-state index contributed by atoms with van der Waals surface area (Å²) in [5, 5.41) is 3.10. The second-order valence-corrected chi connectivity index (χ2v) is 4.22. The molecule has 0 radical (unpaired) electrons. The summed E-state index contributed by atoms with van der Waals surface area (Å²) < 4.78 is 10.6. The minimum atomic E-state index is -0.341. The van der Waals surface area contributed by atoms with Gasteiger partial charge in [-0.05, 0) is 37.2 Å². The lowest BCUT2D eigenvalue weighted by molar-refractivity contribution is -0.120. The zero-order valence-corrected chi connectivity index (χ0v) is 11.5. The van der Waals surface area contributed by atoms with E-state index in [4.69, 9.17) is 15.2 Å². The van der Waals surface area contributed by atoms with Gasteiger partial charge in [0.05, 0.1) is 19.8 Å². The van der Waals surface area contributed by atoms with E-state index in [9.17, 15) is 4.79 Å². The van der Waals surface area contributed by atoms with E-state index in [1.807, 2.05) is 31.2 Å². The summed E-state index contributed by atoms with van der Waals surface area (Å²) in [6.07, 6.45) is 1.52. The van der Waals surface area contributed by atoms with Crippen molar-refractivity contribution < 1.29 is 14.3 Å². The van der Waals surface area contributed by atoms with Crippen LogP contribution in [0.1, 0.15) is 19.8 Å². The molecule has 0 heterocycles. The Morgan fingerprint density at radius 2 is 1.95 bits per heavy atom. The summed E-state index contributed by atoms with van der Waals surface area (Å²) >= 11 is 0. The van der Waals surface area contributed by atoms with E-state index in [0.29, 0.717) is 13.0 Å². The van der Waals surface area contributed by atoms with Gasteiger partial charge in [0.25, 0.3) is 0 Å². The number of ether oxygens (including phenoxy) is 2. The Kier molecular flexibility index (Phi) is 6.74. The number of carbonyl (C=O) groups is 1. The van der Waals surface area contributed by atoms with Crippen molar-refractivity contribution in [2.45, 2.75) is 25.8 Å². The maximum atomic E-state index is 11.2. The normalized spacial score (nSPS) is 11.9. The molecular formula is C14H22N2O3. The fourth-order valence-electron chi connectivity index (χ4n) is 1.63. The molecule has 5 heteroatoms. The number of carbonyl (C=O) groups excluding carboxylic acids is 1. The van der Waals surface area contributed by atoms with Crippen LogP contribution >= 0.6 is 0 Å². The van der Waals surface area contributed by atoms with Gasteiger partial charge in [0.2, 0.25) is 5.91 Å². The number of hydrogen-bond donors (Lipinski definition) is 2. The first-order valence-electron chi connectivity index (χ1n) is 6.47. The Morgan fingerprint density at radius 1 is 1.32 bits per heavy atom. The van der Waals surface area contributed by atoms with Gasteiger partial charge in [-0.25, -0.2) is 0 Å². The van der Waals surface area contributed by atoms with Gasteiger partial charge in [0.15, 0.2) is 0 Å². The first-order valence-corrected chi connectivity index (χ1v) is 6.47. The topological polar surface area (TPSA) is 73.6 Å². The van der Waals surface area contributed by atoms with Gasteiger partial charge in [-0.1, -0.05) is 6.92 Å². The summed E-state index contributed by atoms with van der Waals surface area (Å²) in [5.74, 6) is 1.19. The first kappa shape index (κ1) is 15.3. The fourth-order valence-corrected chi connectivity index (χ4v) is 1.63. The molecule has 0 spiro atoms. The lowest BCUT2D eigenvalue weighted by atomic mass is 10.2. The molecular weight excluding hydrogens is 244 g/mol. The van der Waals surface area contributed by atoms with E-state index in [0.717, 1.165) is 24.5 Å². The molecule has 0 aromatic heterocycles. The first-order chi connectivity index (χ1) is 9.17. The lowest BCUT2D eigenvalue weighted by Gasteiger charge is -2.15. The highest BCUT2D eigenvalue weighted by Gasteiger charge is 2.13. The Morgan fingerprint density at radius 3 is 2.47 bits per heavy atom. The van der Waals surface area contributed by atoms with E-state index in [-0.39, 0.29) is 11.9 Å². The van der Waals surface area contributed by atoms with Crippen LogP contribution in [0, 0.1) is 0 Å². The molecule has 19 heavy (non-hydrogen) atoms. The average molecular weight is 266 g/mol. The van der Waals surface area contributed by atoms with Gasteiger partial charge in [-0.2, -0.15) is 0 Å². The van der Waals surface area contributed by atoms with Crippen LogP contribution in [0.5, 0.6) is 11.5 Å².